The van der Waals surface area contributed by atoms with Crippen LogP contribution in [-0.4, -0.2) is 55.5 Å². The Labute approximate surface area is 216 Å². The van der Waals surface area contributed by atoms with E-state index in [0.29, 0.717) is 32.5 Å². The van der Waals surface area contributed by atoms with E-state index in [1.54, 1.807) is 0 Å². The number of aliphatic hydroxyl groups is 2. The summed E-state index contributed by atoms with van der Waals surface area (Å²) in [5, 5.41) is 29.1. The summed E-state index contributed by atoms with van der Waals surface area (Å²) in [5.74, 6) is 1.05. The zero-order valence-electron chi connectivity index (χ0n) is 20.1. The lowest BCUT2D eigenvalue weighted by Crippen LogP contribution is -2.28. The van der Waals surface area contributed by atoms with E-state index in [4.69, 9.17) is 20.6 Å². The molecule has 4 aliphatic rings. The molecule has 6 atom stereocenters. The van der Waals surface area contributed by atoms with Crippen molar-refractivity contribution in [2.24, 2.45) is 10.7 Å². The third kappa shape index (κ3) is 8.56. The normalized spacial score (nSPS) is 33.5. The van der Waals surface area contributed by atoms with Crippen LogP contribution in [0.4, 0.5) is 0 Å². The second-order valence-electron chi connectivity index (χ2n) is 9.53. The topological polar surface area (TPSA) is 121 Å². The molecule has 0 fully saturated rings. The van der Waals surface area contributed by atoms with E-state index >= 15 is 0 Å². The Balaban J connectivity index is 1.15. The van der Waals surface area contributed by atoms with E-state index in [1.165, 1.54) is 0 Å². The van der Waals surface area contributed by atoms with Crippen molar-refractivity contribution in [3.05, 3.63) is 48.0 Å². The molecule has 0 bridgehead atoms. The number of nitrogens with two attached hydrogens (primary N) is 1. The molecule has 0 spiro atoms. The summed E-state index contributed by atoms with van der Waals surface area (Å²) in [6.07, 6.45) is 21.1. The van der Waals surface area contributed by atoms with Crippen LogP contribution in [0.5, 0.6) is 0 Å². The molecule has 35 heavy (non-hydrogen) atoms. The van der Waals surface area contributed by atoms with Crippen LogP contribution >= 0.6 is 23.5 Å². The van der Waals surface area contributed by atoms with E-state index < -0.39 is 0 Å². The molecule has 0 heterocycles. The van der Waals surface area contributed by atoms with E-state index in [-0.39, 0.29) is 24.3 Å². The zero-order chi connectivity index (χ0) is 24.6. The Hall–Kier alpha value is -2.00. The predicted octanol–water partition coefficient (Wildman–Crippen LogP) is 5.90. The van der Waals surface area contributed by atoms with Gasteiger partial charge >= 0.3 is 6.02 Å². The van der Waals surface area contributed by atoms with Crippen molar-refractivity contribution in [3.63, 3.8) is 0 Å². The second kappa shape index (κ2) is 12.8. The number of nitrogens with zero attached hydrogens (tertiary/aromatic N) is 1. The Morgan fingerprint density at radius 3 is 1.74 bits per heavy atom. The Morgan fingerprint density at radius 1 is 0.800 bits per heavy atom. The maximum atomic E-state index is 9.54. The first kappa shape index (κ1) is 26.1. The number of aliphatic imine (C=N–C) groups is 1. The highest BCUT2D eigenvalue weighted by Crippen LogP contribution is 2.35. The molecule has 0 aromatic carbocycles. The van der Waals surface area contributed by atoms with Crippen LogP contribution in [0.25, 0.3) is 0 Å². The first-order chi connectivity index (χ1) is 16.9. The van der Waals surface area contributed by atoms with Crippen molar-refractivity contribution in [2.75, 3.05) is 0 Å². The summed E-state index contributed by atoms with van der Waals surface area (Å²) >= 11 is 3.93. The Kier molecular flexibility index (Phi) is 9.54. The van der Waals surface area contributed by atoms with Crippen LogP contribution in [0, 0.1) is 5.41 Å². The number of hydrogen-bond donors (Lipinski definition) is 4. The average Bonchev–Trinajstić information content (AvgIpc) is 2.84. The van der Waals surface area contributed by atoms with Crippen LogP contribution in [0.2, 0.25) is 0 Å². The number of rotatable bonds is 6. The number of allylic oxidation sites excluding steroid dienone is 4. The minimum absolute atomic E-state index is 0.0366. The molecule has 0 saturated heterocycles. The van der Waals surface area contributed by atoms with Gasteiger partial charge in [-0.05, 0) is 75.7 Å². The van der Waals surface area contributed by atoms with E-state index in [2.05, 4.69) is 17.1 Å². The summed E-state index contributed by atoms with van der Waals surface area (Å²) in [5.41, 5.74) is 5.94. The van der Waals surface area contributed by atoms with Gasteiger partial charge in [0.25, 0.3) is 6.02 Å². The average molecular weight is 520 g/mol. The first-order valence-corrected chi connectivity index (χ1v) is 14.5. The van der Waals surface area contributed by atoms with Gasteiger partial charge in [-0.1, -0.05) is 12.2 Å². The molecule has 7 nitrogen and oxygen atoms in total. The van der Waals surface area contributed by atoms with Gasteiger partial charge in [-0.2, -0.15) is 23.5 Å². The number of ether oxygens (including phenoxy) is 2. The Bertz CT molecular complexity index is 901. The highest BCUT2D eigenvalue weighted by molar-refractivity contribution is 8.00. The van der Waals surface area contributed by atoms with Gasteiger partial charge in [-0.3, -0.25) is 0 Å². The predicted molar refractivity (Wildman–Crippen MR) is 145 cm³/mol. The van der Waals surface area contributed by atoms with Crippen LogP contribution in [0.1, 0.15) is 64.2 Å². The summed E-state index contributed by atoms with van der Waals surface area (Å²) in [7, 11) is 0. The van der Waals surface area contributed by atoms with Gasteiger partial charge in [0.05, 0.1) is 11.5 Å². The van der Waals surface area contributed by atoms with Gasteiger partial charge in [0, 0.05) is 33.8 Å². The fourth-order valence-corrected chi connectivity index (χ4v) is 7.56. The van der Waals surface area contributed by atoms with Gasteiger partial charge in [-0.25, -0.2) is 5.41 Å². The molecule has 4 aliphatic carbocycles. The first-order valence-electron chi connectivity index (χ1n) is 12.6. The van der Waals surface area contributed by atoms with Crippen molar-refractivity contribution >= 4 is 35.6 Å². The van der Waals surface area contributed by atoms with E-state index in [0.717, 1.165) is 64.2 Å². The van der Waals surface area contributed by atoms with Crippen molar-refractivity contribution < 1.29 is 19.7 Å². The van der Waals surface area contributed by atoms with Gasteiger partial charge in [-0.15, -0.1) is 4.99 Å². The SMILES string of the molecule is N=C(N=C(N)OC1C=CC(SC2CC=C(O)CC2)CC1)OC1C=CC(SC2CC=C(O)CC2)CC1. The van der Waals surface area contributed by atoms with Crippen LogP contribution in [0.3, 0.4) is 0 Å². The second-order valence-corrected chi connectivity index (χ2v) is 12.6. The number of hydrogen-bond acceptors (Lipinski definition) is 7. The standard InChI is InChI=1S/C26H37N3O4S2/c27-25(32-19-5-13-23(14-6-19)34-21-9-1-17(30)2-10-21)29-26(28)33-20-7-15-24(16-8-20)35-22-11-3-18(31)4-12-22/h1,3,5,7,13,15,19-24,30-31H,2,4,6,8-12,14,16H2,(H3,27,28,29). The summed E-state index contributed by atoms with van der Waals surface area (Å²) in [6.45, 7) is 0. The maximum Gasteiger partial charge on any atom is 0.313 e. The molecule has 6 unspecified atom stereocenters. The van der Waals surface area contributed by atoms with Crippen molar-refractivity contribution in [2.45, 2.75) is 97.4 Å². The molecular weight excluding hydrogens is 482 g/mol. The molecule has 9 heteroatoms. The fourth-order valence-electron chi connectivity index (χ4n) is 4.75. The molecule has 192 valence electrons. The number of amidine groups is 2. The largest absolute Gasteiger partial charge is 0.513 e. The van der Waals surface area contributed by atoms with E-state index in [1.807, 2.05) is 47.8 Å². The van der Waals surface area contributed by atoms with Crippen molar-refractivity contribution in [1.29, 1.82) is 5.41 Å². The van der Waals surface area contributed by atoms with Crippen molar-refractivity contribution in [1.82, 2.24) is 0 Å². The summed E-state index contributed by atoms with van der Waals surface area (Å²) < 4.78 is 11.4. The zero-order valence-corrected chi connectivity index (χ0v) is 21.7. The molecule has 0 radical (unpaired) electrons. The van der Waals surface area contributed by atoms with Crippen LogP contribution < -0.4 is 5.73 Å². The van der Waals surface area contributed by atoms with Crippen LogP contribution in [-0.2, 0) is 9.47 Å². The lowest BCUT2D eigenvalue weighted by molar-refractivity contribution is 0.202. The maximum absolute atomic E-state index is 9.54. The van der Waals surface area contributed by atoms with Crippen molar-refractivity contribution in [3.8, 4) is 0 Å². The number of nitrogens with one attached hydrogen (secondary N) is 1. The van der Waals surface area contributed by atoms with E-state index in [9.17, 15) is 10.2 Å². The van der Waals surface area contributed by atoms with Gasteiger partial charge in [0.1, 0.15) is 12.2 Å². The lowest BCUT2D eigenvalue weighted by atomic mass is 10.0. The fraction of sp³-hybridized carbons (Fsp3) is 0.615. The molecule has 0 amide bonds. The number of thioether (sulfide) groups is 2. The van der Waals surface area contributed by atoms with Crippen LogP contribution in [0.15, 0.2) is 53.0 Å². The minimum atomic E-state index is -0.224. The third-order valence-electron chi connectivity index (χ3n) is 6.71. The molecular formula is C26H37N3O4S2. The molecule has 0 aromatic rings. The molecule has 0 aliphatic heterocycles. The minimum Gasteiger partial charge on any atom is -0.513 e. The summed E-state index contributed by atoms with van der Waals surface area (Å²) in [4.78, 5) is 4.00. The number of aliphatic hydroxyl groups excluding tert-OH is 2. The smallest absolute Gasteiger partial charge is 0.313 e. The monoisotopic (exact) mass is 519 g/mol. The van der Waals surface area contributed by atoms with Gasteiger partial charge in [0.15, 0.2) is 0 Å². The highest BCUT2D eigenvalue weighted by Gasteiger charge is 2.24. The molecule has 5 N–H and O–H groups in total. The molecule has 0 aromatic heterocycles. The highest BCUT2D eigenvalue weighted by atomic mass is 32.2. The quantitative estimate of drug-likeness (QED) is 0.196. The van der Waals surface area contributed by atoms with Gasteiger partial charge in [0.2, 0.25) is 0 Å². The summed E-state index contributed by atoms with van der Waals surface area (Å²) in [6, 6.07) is -0.261. The molecule has 4 rings (SSSR count). The third-order valence-corrected chi connectivity index (χ3v) is 9.82. The molecule has 0 saturated carbocycles. The lowest BCUT2D eigenvalue weighted by Gasteiger charge is -2.27. The Morgan fingerprint density at radius 2 is 1.31 bits per heavy atom. The van der Waals surface area contributed by atoms with Gasteiger partial charge < -0.3 is 25.4 Å².